The van der Waals surface area contributed by atoms with Crippen LogP contribution < -0.4 is 5.43 Å². The zero-order chi connectivity index (χ0) is 10.3. The van der Waals surface area contributed by atoms with Gasteiger partial charge < -0.3 is 4.98 Å². The van der Waals surface area contributed by atoms with Crippen molar-refractivity contribution in [3.05, 3.63) is 43.3 Å². The van der Waals surface area contributed by atoms with E-state index in [1.54, 1.807) is 12.1 Å². The maximum absolute atomic E-state index is 12.9. The normalized spacial score (nSPS) is 10.8. The molecule has 0 aliphatic carbocycles. The van der Waals surface area contributed by atoms with Crippen LogP contribution in [0.2, 0.25) is 0 Å². The second-order valence-electron chi connectivity index (χ2n) is 2.79. The molecule has 0 spiro atoms. The van der Waals surface area contributed by atoms with E-state index in [2.05, 4.69) is 36.8 Å². The Kier molecular flexibility index (Phi) is 2.45. The summed E-state index contributed by atoms with van der Waals surface area (Å²) in [6.07, 6.45) is 0. The molecule has 0 atom stereocenters. The van der Waals surface area contributed by atoms with E-state index in [-0.39, 0.29) is 5.43 Å². The fourth-order valence-corrected chi connectivity index (χ4v) is 2.70. The number of pyridine rings is 1. The van der Waals surface area contributed by atoms with E-state index in [1.165, 1.54) is 0 Å². The van der Waals surface area contributed by atoms with Gasteiger partial charge >= 0.3 is 0 Å². The topological polar surface area (TPSA) is 32.9 Å². The third-order valence-electron chi connectivity index (χ3n) is 1.81. The van der Waals surface area contributed by atoms with E-state index in [0.717, 1.165) is 10.5 Å². The van der Waals surface area contributed by atoms with E-state index in [4.69, 9.17) is 0 Å². The van der Waals surface area contributed by atoms with Gasteiger partial charge in [-0.25, -0.2) is 0 Å². The molecule has 0 bridgehead atoms. The Balaban J connectivity index is 3.02. The van der Waals surface area contributed by atoms with Gasteiger partial charge in [-0.3, -0.25) is 4.79 Å². The van der Waals surface area contributed by atoms with E-state index < -0.39 is 5.95 Å². The fourth-order valence-electron chi connectivity index (χ4n) is 1.27. The highest BCUT2D eigenvalue weighted by molar-refractivity contribution is 9.11. The Morgan fingerprint density at radius 2 is 1.93 bits per heavy atom. The van der Waals surface area contributed by atoms with Crippen molar-refractivity contribution in [3.63, 3.8) is 0 Å². The number of hydrogen-bond acceptors (Lipinski definition) is 1. The quantitative estimate of drug-likeness (QED) is 0.743. The van der Waals surface area contributed by atoms with Crippen LogP contribution in [0.25, 0.3) is 10.9 Å². The van der Waals surface area contributed by atoms with E-state index in [1.807, 2.05) is 0 Å². The number of aromatic nitrogens is 1. The zero-order valence-electron chi connectivity index (χ0n) is 6.77. The van der Waals surface area contributed by atoms with Crippen LogP contribution >= 0.6 is 31.9 Å². The van der Waals surface area contributed by atoms with Crippen molar-refractivity contribution in [2.75, 3.05) is 0 Å². The van der Waals surface area contributed by atoms with Gasteiger partial charge in [-0.2, -0.15) is 4.39 Å². The van der Waals surface area contributed by atoms with E-state index >= 15 is 0 Å². The summed E-state index contributed by atoms with van der Waals surface area (Å²) < 4.78 is 14.3. The SMILES string of the molecule is O=c1cc(F)[nH]c2cc(Br)cc(Br)c12. The molecular weight excluding hydrogens is 317 g/mol. The summed E-state index contributed by atoms with van der Waals surface area (Å²) in [4.78, 5) is 13.9. The van der Waals surface area contributed by atoms with Gasteiger partial charge in [0.25, 0.3) is 0 Å². The lowest BCUT2D eigenvalue weighted by atomic mass is 10.2. The first kappa shape index (κ1) is 9.86. The second kappa shape index (κ2) is 3.47. The number of hydrogen-bond donors (Lipinski definition) is 1. The summed E-state index contributed by atoms with van der Waals surface area (Å²) >= 11 is 6.51. The summed E-state index contributed by atoms with van der Waals surface area (Å²) in [6.45, 7) is 0. The molecule has 2 rings (SSSR count). The number of halogens is 3. The molecule has 0 saturated heterocycles. The van der Waals surface area contributed by atoms with Crippen molar-refractivity contribution in [1.82, 2.24) is 4.98 Å². The average Bonchev–Trinajstić information content (AvgIpc) is 1.99. The van der Waals surface area contributed by atoms with E-state index in [9.17, 15) is 9.18 Å². The molecule has 0 radical (unpaired) electrons. The monoisotopic (exact) mass is 319 g/mol. The molecule has 0 saturated carbocycles. The second-order valence-corrected chi connectivity index (χ2v) is 4.56. The minimum absolute atomic E-state index is 0.337. The molecule has 1 N–H and O–H groups in total. The maximum atomic E-state index is 12.9. The first-order valence-electron chi connectivity index (χ1n) is 3.75. The lowest BCUT2D eigenvalue weighted by Gasteiger charge is -2.01. The summed E-state index contributed by atoms with van der Waals surface area (Å²) in [6, 6.07) is 4.33. The number of benzene rings is 1. The third-order valence-corrected chi connectivity index (χ3v) is 2.90. The van der Waals surface area contributed by atoms with Crippen LogP contribution in [-0.4, -0.2) is 4.98 Å². The summed E-state index contributed by atoms with van der Waals surface area (Å²) in [7, 11) is 0. The molecule has 0 aliphatic heterocycles. The minimum Gasteiger partial charge on any atom is -0.331 e. The average molecular weight is 321 g/mol. The van der Waals surface area contributed by atoms with Crippen molar-refractivity contribution in [3.8, 4) is 0 Å². The standard InChI is InChI=1S/C9H4Br2FNO/c10-4-1-5(11)9-6(2-4)13-8(12)3-7(9)14/h1-3H,(H,13,14). The summed E-state index contributed by atoms with van der Waals surface area (Å²) in [5.74, 6) is -0.632. The lowest BCUT2D eigenvalue weighted by Crippen LogP contribution is -2.04. The molecule has 5 heteroatoms. The highest BCUT2D eigenvalue weighted by Gasteiger charge is 2.06. The van der Waals surface area contributed by atoms with Gasteiger partial charge in [0.2, 0.25) is 0 Å². The van der Waals surface area contributed by atoms with Crippen LogP contribution in [0, 0.1) is 5.95 Å². The lowest BCUT2D eigenvalue weighted by molar-refractivity contribution is 0.588. The molecule has 2 nitrogen and oxygen atoms in total. The van der Waals surface area contributed by atoms with Crippen molar-refractivity contribution in [2.24, 2.45) is 0 Å². The molecule has 1 aromatic carbocycles. The Hall–Kier alpha value is -0.680. The molecule has 0 amide bonds. The number of nitrogens with one attached hydrogen (secondary N) is 1. The van der Waals surface area contributed by atoms with E-state index in [0.29, 0.717) is 15.4 Å². The molecule has 2 aromatic rings. The van der Waals surface area contributed by atoms with Gasteiger partial charge in [0, 0.05) is 15.0 Å². The van der Waals surface area contributed by atoms with Gasteiger partial charge in [-0.05, 0) is 28.1 Å². The Morgan fingerprint density at radius 3 is 2.64 bits per heavy atom. The Morgan fingerprint density at radius 1 is 1.21 bits per heavy atom. The smallest absolute Gasteiger partial charge is 0.195 e. The van der Waals surface area contributed by atoms with Gasteiger partial charge in [-0.15, -0.1) is 0 Å². The van der Waals surface area contributed by atoms with Gasteiger partial charge in [-0.1, -0.05) is 15.9 Å². The first-order chi connectivity index (χ1) is 6.58. The van der Waals surface area contributed by atoms with Crippen molar-refractivity contribution in [1.29, 1.82) is 0 Å². The summed E-state index contributed by atoms with van der Waals surface area (Å²) in [5, 5.41) is 0.453. The Labute approximate surface area is 95.4 Å². The third kappa shape index (κ3) is 1.62. The van der Waals surface area contributed by atoms with Crippen LogP contribution in [0.3, 0.4) is 0 Å². The molecule has 14 heavy (non-hydrogen) atoms. The Bertz CT molecular complexity index is 559. The summed E-state index contributed by atoms with van der Waals surface area (Å²) in [5.41, 5.74) is 0.131. The van der Waals surface area contributed by atoms with Crippen molar-refractivity contribution in [2.45, 2.75) is 0 Å². The van der Waals surface area contributed by atoms with Crippen LogP contribution in [-0.2, 0) is 0 Å². The number of aromatic amines is 1. The van der Waals surface area contributed by atoms with Crippen LogP contribution in [0.4, 0.5) is 4.39 Å². The van der Waals surface area contributed by atoms with Crippen LogP contribution in [0.5, 0.6) is 0 Å². The highest BCUT2D eigenvalue weighted by Crippen LogP contribution is 2.24. The molecule has 0 unspecified atom stereocenters. The first-order valence-corrected chi connectivity index (χ1v) is 5.34. The van der Waals surface area contributed by atoms with Gasteiger partial charge in [0.1, 0.15) is 0 Å². The van der Waals surface area contributed by atoms with Gasteiger partial charge in [0.15, 0.2) is 11.4 Å². The molecule has 1 aromatic heterocycles. The van der Waals surface area contributed by atoms with Gasteiger partial charge in [0.05, 0.1) is 10.9 Å². The number of rotatable bonds is 0. The fraction of sp³-hybridized carbons (Fsp3) is 0. The number of fused-ring (bicyclic) bond motifs is 1. The van der Waals surface area contributed by atoms with Crippen molar-refractivity contribution >= 4 is 42.8 Å². The predicted molar refractivity (Wildman–Crippen MR) is 59.9 cm³/mol. The maximum Gasteiger partial charge on any atom is 0.195 e. The molecule has 0 fully saturated rings. The number of H-pyrrole nitrogens is 1. The highest BCUT2D eigenvalue weighted by atomic mass is 79.9. The molecular formula is C9H4Br2FNO. The molecule has 1 heterocycles. The minimum atomic E-state index is -0.632. The molecule has 0 aliphatic rings. The molecule has 72 valence electrons. The largest absolute Gasteiger partial charge is 0.331 e. The predicted octanol–water partition coefficient (Wildman–Crippen LogP) is 3.19. The van der Waals surface area contributed by atoms with Crippen LogP contribution in [0.15, 0.2) is 31.9 Å². The van der Waals surface area contributed by atoms with Crippen molar-refractivity contribution < 1.29 is 4.39 Å². The van der Waals surface area contributed by atoms with Crippen LogP contribution in [0.1, 0.15) is 0 Å². The zero-order valence-corrected chi connectivity index (χ0v) is 9.95.